The topological polar surface area (TPSA) is 42.2 Å². The van der Waals surface area contributed by atoms with Crippen LogP contribution in [-0.4, -0.2) is 19.1 Å². The van der Waals surface area contributed by atoms with Gasteiger partial charge in [0.1, 0.15) is 5.82 Å². The Labute approximate surface area is 110 Å². The Balaban J connectivity index is 2.21. The van der Waals surface area contributed by atoms with Crippen LogP contribution in [0.3, 0.4) is 0 Å². The minimum atomic E-state index is 0.619. The van der Waals surface area contributed by atoms with Gasteiger partial charge in [-0.1, -0.05) is 35.1 Å². The molecule has 0 spiro atoms. The number of halogens is 1. The first kappa shape index (κ1) is 12.2. The Bertz CT molecular complexity index is 505. The second kappa shape index (κ2) is 4.94. The van der Waals surface area contributed by atoms with Crippen molar-refractivity contribution in [3.05, 3.63) is 39.7 Å². The summed E-state index contributed by atoms with van der Waals surface area (Å²) in [6.07, 6.45) is 0.800. The van der Waals surface area contributed by atoms with E-state index < -0.39 is 0 Å². The van der Waals surface area contributed by atoms with Crippen molar-refractivity contribution in [1.82, 2.24) is 4.98 Å². The van der Waals surface area contributed by atoms with Crippen LogP contribution in [0.5, 0.6) is 0 Å². The molecule has 2 aromatic rings. The number of nitrogen functional groups attached to an aromatic ring is 1. The van der Waals surface area contributed by atoms with Gasteiger partial charge in [0.15, 0.2) is 5.13 Å². The number of rotatable bonds is 3. The highest BCUT2D eigenvalue weighted by atomic mass is 35.5. The minimum Gasteiger partial charge on any atom is -0.383 e. The first-order valence-corrected chi connectivity index (χ1v) is 6.42. The van der Waals surface area contributed by atoms with Gasteiger partial charge in [-0.3, -0.25) is 0 Å². The number of nitrogens with two attached hydrogens (primary N) is 1. The zero-order valence-electron chi connectivity index (χ0n) is 9.77. The molecule has 0 bridgehead atoms. The lowest BCUT2D eigenvalue weighted by Gasteiger charge is -2.05. The first-order chi connectivity index (χ1) is 8.06. The van der Waals surface area contributed by atoms with Crippen molar-refractivity contribution in [2.24, 2.45) is 0 Å². The molecule has 0 aliphatic carbocycles. The van der Waals surface area contributed by atoms with Crippen LogP contribution >= 0.6 is 22.9 Å². The summed E-state index contributed by atoms with van der Waals surface area (Å²) in [6.45, 7) is 0. The van der Waals surface area contributed by atoms with Gasteiger partial charge < -0.3 is 10.6 Å². The van der Waals surface area contributed by atoms with Crippen molar-refractivity contribution >= 4 is 33.9 Å². The van der Waals surface area contributed by atoms with Crippen LogP contribution in [0, 0.1) is 0 Å². The van der Waals surface area contributed by atoms with Crippen molar-refractivity contribution in [2.45, 2.75) is 6.42 Å². The minimum absolute atomic E-state index is 0.619. The lowest BCUT2D eigenvalue weighted by atomic mass is 10.1. The van der Waals surface area contributed by atoms with Crippen molar-refractivity contribution in [1.29, 1.82) is 0 Å². The Morgan fingerprint density at radius 2 is 1.94 bits per heavy atom. The summed E-state index contributed by atoms with van der Waals surface area (Å²) < 4.78 is 0. The van der Waals surface area contributed by atoms with Crippen molar-refractivity contribution in [3.63, 3.8) is 0 Å². The molecule has 1 heterocycles. The van der Waals surface area contributed by atoms with Gasteiger partial charge in [0, 0.05) is 25.5 Å². The van der Waals surface area contributed by atoms with Crippen LogP contribution in [0.15, 0.2) is 24.3 Å². The van der Waals surface area contributed by atoms with Gasteiger partial charge in [0.25, 0.3) is 0 Å². The van der Waals surface area contributed by atoms with Gasteiger partial charge in [-0.15, -0.1) is 0 Å². The normalized spacial score (nSPS) is 10.5. The van der Waals surface area contributed by atoms with Crippen molar-refractivity contribution in [3.8, 4) is 0 Å². The molecule has 0 saturated heterocycles. The maximum Gasteiger partial charge on any atom is 0.187 e. The van der Waals surface area contributed by atoms with Crippen LogP contribution < -0.4 is 10.6 Å². The lowest BCUT2D eigenvalue weighted by Crippen LogP contribution is -2.07. The van der Waals surface area contributed by atoms with Gasteiger partial charge in [-0.05, 0) is 17.7 Å². The zero-order chi connectivity index (χ0) is 12.4. The zero-order valence-corrected chi connectivity index (χ0v) is 11.3. The maximum atomic E-state index is 5.90. The molecule has 0 atom stereocenters. The van der Waals surface area contributed by atoms with Gasteiger partial charge in [-0.25, -0.2) is 4.98 Å². The molecular formula is C12H14ClN3S. The summed E-state index contributed by atoms with van der Waals surface area (Å²) in [5.74, 6) is 0.619. The summed E-state index contributed by atoms with van der Waals surface area (Å²) in [6, 6.07) is 7.80. The molecule has 1 aromatic carbocycles. The van der Waals surface area contributed by atoms with Gasteiger partial charge in [0.05, 0.1) is 4.88 Å². The Hall–Kier alpha value is -1.26. The van der Waals surface area contributed by atoms with E-state index in [0.717, 1.165) is 21.5 Å². The molecule has 2 rings (SSSR count). The Morgan fingerprint density at radius 3 is 2.47 bits per heavy atom. The number of anilines is 2. The summed E-state index contributed by atoms with van der Waals surface area (Å²) in [5, 5.41) is 1.69. The molecule has 90 valence electrons. The smallest absolute Gasteiger partial charge is 0.187 e. The average molecular weight is 268 g/mol. The number of aromatic nitrogens is 1. The number of hydrogen-bond donors (Lipinski definition) is 1. The highest BCUT2D eigenvalue weighted by molar-refractivity contribution is 7.16. The second-order valence-corrected chi connectivity index (χ2v) is 5.50. The van der Waals surface area contributed by atoms with E-state index in [1.54, 1.807) is 11.3 Å². The molecule has 0 unspecified atom stereocenters. The summed E-state index contributed by atoms with van der Waals surface area (Å²) in [4.78, 5) is 7.38. The highest BCUT2D eigenvalue weighted by Gasteiger charge is 2.10. The van der Waals surface area contributed by atoms with Gasteiger partial charge in [0.2, 0.25) is 0 Å². The molecule has 0 amide bonds. The van der Waals surface area contributed by atoms with E-state index in [4.69, 9.17) is 17.3 Å². The van der Waals surface area contributed by atoms with E-state index in [1.807, 2.05) is 43.3 Å². The maximum absolute atomic E-state index is 5.90. The van der Waals surface area contributed by atoms with Crippen molar-refractivity contribution < 1.29 is 0 Å². The van der Waals surface area contributed by atoms with E-state index in [9.17, 15) is 0 Å². The molecular weight excluding hydrogens is 254 g/mol. The molecule has 3 nitrogen and oxygen atoms in total. The predicted octanol–water partition coefficient (Wildman–Crippen LogP) is 3.04. The van der Waals surface area contributed by atoms with Crippen molar-refractivity contribution in [2.75, 3.05) is 24.7 Å². The van der Waals surface area contributed by atoms with Crippen LogP contribution in [0.25, 0.3) is 0 Å². The number of thiazole rings is 1. The average Bonchev–Trinajstić information content (AvgIpc) is 2.64. The molecule has 0 saturated carbocycles. The molecule has 0 radical (unpaired) electrons. The SMILES string of the molecule is CN(C)c1nc(N)c(Cc2ccc(Cl)cc2)s1. The van der Waals surface area contributed by atoms with Gasteiger partial charge in [-0.2, -0.15) is 0 Å². The van der Waals surface area contributed by atoms with E-state index in [-0.39, 0.29) is 0 Å². The van der Waals surface area contributed by atoms with E-state index in [1.165, 1.54) is 5.56 Å². The van der Waals surface area contributed by atoms with E-state index in [0.29, 0.717) is 5.82 Å². The van der Waals surface area contributed by atoms with E-state index in [2.05, 4.69) is 4.98 Å². The largest absolute Gasteiger partial charge is 0.383 e. The molecule has 1 aromatic heterocycles. The fourth-order valence-corrected chi connectivity index (χ4v) is 2.52. The standard InChI is InChI=1S/C12H14ClN3S/c1-16(2)12-15-11(14)10(17-12)7-8-3-5-9(13)6-4-8/h3-6H,7,14H2,1-2H3. The molecule has 2 N–H and O–H groups in total. The first-order valence-electron chi connectivity index (χ1n) is 5.23. The third-order valence-corrected chi connectivity index (χ3v) is 3.87. The van der Waals surface area contributed by atoms with Crippen LogP contribution in [-0.2, 0) is 6.42 Å². The fraction of sp³-hybridized carbons (Fsp3) is 0.250. The predicted molar refractivity (Wildman–Crippen MR) is 75.1 cm³/mol. The summed E-state index contributed by atoms with van der Waals surface area (Å²) in [7, 11) is 3.93. The third kappa shape index (κ3) is 2.90. The van der Waals surface area contributed by atoms with E-state index >= 15 is 0 Å². The number of benzene rings is 1. The lowest BCUT2D eigenvalue weighted by molar-refractivity contribution is 1.10. The quantitative estimate of drug-likeness (QED) is 0.929. The molecule has 17 heavy (non-hydrogen) atoms. The van der Waals surface area contributed by atoms with Crippen LogP contribution in [0.1, 0.15) is 10.4 Å². The molecule has 0 fully saturated rings. The summed E-state index contributed by atoms with van der Waals surface area (Å²) in [5.41, 5.74) is 7.09. The molecule has 0 aliphatic rings. The number of nitrogens with zero attached hydrogens (tertiary/aromatic N) is 2. The summed E-state index contributed by atoms with van der Waals surface area (Å²) >= 11 is 7.47. The third-order valence-electron chi connectivity index (χ3n) is 2.38. The molecule has 0 aliphatic heterocycles. The fourth-order valence-electron chi connectivity index (χ4n) is 1.46. The van der Waals surface area contributed by atoms with Crippen LogP contribution in [0.2, 0.25) is 5.02 Å². The Kier molecular flexibility index (Phi) is 3.54. The molecule has 5 heteroatoms. The monoisotopic (exact) mass is 267 g/mol. The Morgan fingerprint density at radius 1 is 1.29 bits per heavy atom. The highest BCUT2D eigenvalue weighted by Crippen LogP contribution is 2.29. The number of hydrogen-bond acceptors (Lipinski definition) is 4. The van der Waals surface area contributed by atoms with Crippen LogP contribution in [0.4, 0.5) is 10.9 Å². The van der Waals surface area contributed by atoms with Gasteiger partial charge >= 0.3 is 0 Å². The second-order valence-electron chi connectivity index (χ2n) is 4.00.